The van der Waals surface area contributed by atoms with Crippen LogP contribution in [0.4, 0.5) is 0 Å². The van der Waals surface area contributed by atoms with E-state index in [1.807, 2.05) is 43.3 Å². The molecule has 14 heavy (non-hydrogen) atoms. The van der Waals surface area contributed by atoms with Gasteiger partial charge in [0, 0.05) is 0 Å². The standard InChI is InChI=1S/C11H14N2O/c1-13(2)11(8-12)9-5-4-6-10(7-9)14-3/h4-7,11H,1-3H3/t11-/m1/s1. The lowest BCUT2D eigenvalue weighted by Crippen LogP contribution is -2.18. The first-order valence-corrected chi connectivity index (χ1v) is 4.39. The quantitative estimate of drug-likeness (QED) is 0.729. The maximum atomic E-state index is 8.98. The van der Waals surface area contributed by atoms with Gasteiger partial charge in [0.15, 0.2) is 0 Å². The number of hydrogen-bond donors (Lipinski definition) is 0. The highest BCUT2D eigenvalue weighted by Gasteiger charge is 2.12. The molecule has 0 N–H and O–H groups in total. The van der Waals surface area contributed by atoms with Crippen LogP contribution in [-0.2, 0) is 0 Å². The number of ether oxygens (including phenoxy) is 1. The highest BCUT2D eigenvalue weighted by molar-refractivity contribution is 5.32. The maximum absolute atomic E-state index is 8.98. The molecule has 3 nitrogen and oxygen atoms in total. The van der Waals surface area contributed by atoms with E-state index >= 15 is 0 Å². The lowest BCUT2D eigenvalue weighted by molar-refractivity contribution is 0.356. The molecule has 0 saturated heterocycles. The number of hydrogen-bond acceptors (Lipinski definition) is 3. The topological polar surface area (TPSA) is 36.3 Å². The summed E-state index contributed by atoms with van der Waals surface area (Å²) in [6.07, 6.45) is 0. The zero-order valence-corrected chi connectivity index (χ0v) is 8.69. The smallest absolute Gasteiger partial charge is 0.123 e. The summed E-state index contributed by atoms with van der Waals surface area (Å²) in [6.45, 7) is 0. The van der Waals surface area contributed by atoms with Crippen molar-refractivity contribution in [2.75, 3.05) is 21.2 Å². The fourth-order valence-corrected chi connectivity index (χ4v) is 1.30. The van der Waals surface area contributed by atoms with Crippen molar-refractivity contribution in [1.82, 2.24) is 4.90 Å². The molecule has 1 atom stereocenters. The van der Waals surface area contributed by atoms with Crippen molar-refractivity contribution in [3.8, 4) is 11.8 Å². The second kappa shape index (κ2) is 4.64. The molecule has 0 aliphatic rings. The molecule has 0 radical (unpaired) electrons. The minimum absolute atomic E-state index is 0.218. The average molecular weight is 190 g/mol. The molecule has 0 aliphatic heterocycles. The summed E-state index contributed by atoms with van der Waals surface area (Å²) in [4.78, 5) is 1.87. The Bertz CT molecular complexity index is 341. The van der Waals surface area contributed by atoms with Gasteiger partial charge in [0.1, 0.15) is 11.8 Å². The molecule has 0 unspecified atom stereocenters. The van der Waals surface area contributed by atoms with Crippen LogP contribution in [0.25, 0.3) is 0 Å². The molecule has 0 fully saturated rings. The van der Waals surface area contributed by atoms with Gasteiger partial charge in [-0.05, 0) is 31.8 Å². The highest BCUT2D eigenvalue weighted by atomic mass is 16.5. The van der Waals surface area contributed by atoms with Crippen LogP contribution in [0.15, 0.2) is 24.3 Å². The van der Waals surface area contributed by atoms with Gasteiger partial charge in [-0.1, -0.05) is 12.1 Å². The molecule has 0 bridgehead atoms. The van der Waals surface area contributed by atoms with E-state index in [1.54, 1.807) is 7.11 Å². The second-order valence-electron chi connectivity index (χ2n) is 3.27. The van der Waals surface area contributed by atoms with Gasteiger partial charge in [-0.15, -0.1) is 0 Å². The van der Waals surface area contributed by atoms with E-state index in [2.05, 4.69) is 6.07 Å². The molecule has 74 valence electrons. The summed E-state index contributed by atoms with van der Waals surface area (Å²) in [6, 6.07) is 9.59. The SMILES string of the molecule is COc1cccc([C@@H](C#N)N(C)C)c1. The Balaban J connectivity index is 3.00. The first-order valence-electron chi connectivity index (χ1n) is 4.39. The van der Waals surface area contributed by atoms with Crippen molar-refractivity contribution in [3.63, 3.8) is 0 Å². The van der Waals surface area contributed by atoms with E-state index < -0.39 is 0 Å². The van der Waals surface area contributed by atoms with Crippen LogP contribution in [0.2, 0.25) is 0 Å². The molecule has 0 saturated carbocycles. The Morgan fingerprint density at radius 2 is 2.14 bits per heavy atom. The van der Waals surface area contributed by atoms with E-state index in [0.717, 1.165) is 11.3 Å². The van der Waals surface area contributed by atoms with Gasteiger partial charge in [0.2, 0.25) is 0 Å². The van der Waals surface area contributed by atoms with Crippen molar-refractivity contribution in [2.24, 2.45) is 0 Å². The molecular weight excluding hydrogens is 176 g/mol. The van der Waals surface area contributed by atoms with Crippen LogP contribution in [-0.4, -0.2) is 26.1 Å². The predicted octanol–water partition coefficient (Wildman–Crippen LogP) is 1.82. The average Bonchev–Trinajstić information content (AvgIpc) is 2.19. The third-order valence-electron chi connectivity index (χ3n) is 2.05. The number of nitrogens with zero attached hydrogens (tertiary/aromatic N) is 2. The zero-order chi connectivity index (χ0) is 10.6. The van der Waals surface area contributed by atoms with E-state index in [9.17, 15) is 0 Å². The summed E-state index contributed by atoms with van der Waals surface area (Å²) in [7, 11) is 5.39. The zero-order valence-electron chi connectivity index (χ0n) is 8.69. The molecule has 0 heterocycles. The summed E-state index contributed by atoms with van der Waals surface area (Å²) in [5.74, 6) is 0.782. The Kier molecular flexibility index (Phi) is 3.49. The van der Waals surface area contributed by atoms with Gasteiger partial charge < -0.3 is 4.74 Å². The number of benzene rings is 1. The normalized spacial score (nSPS) is 12.2. The third-order valence-corrected chi connectivity index (χ3v) is 2.05. The summed E-state index contributed by atoms with van der Waals surface area (Å²) in [5.41, 5.74) is 0.955. The van der Waals surface area contributed by atoms with E-state index in [-0.39, 0.29) is 6.04 Å². The number of nitriles is 1. The Labute approximate surface area is 84.5 Å². The minimum Gasteiger partial charge on any atom is -0.497 e. The van der Waals surface area contributed by atoms with Crippen LogP contribution < -0.4 is 4.74 Å². The van der Waals surface area contributed by atoms with Gasteiger partial charge in [0.25, 0.3) is 0 Å². The second-order valence-corrected chi connectivity index (χ2v) is 3.27. The Morgan fingerprint density at radius 3 is 2.64 bits per heavy atom. The van der Waals surface area contributed by atoms with Gasteiger partial charge in [-0.2, -0.15) is 5.26 Å². The van der Waals surface area contributed by atoms with Crippen molar-refractivity contribution in [2.45, 2.75) is 6.04 Å². The first-order chi connectivity index (χ1) is 6.69. The highest BCUT2D eigenvalue weighted by Crippen LogP contribution is 2.21. The molecular formula is C11H14N2O. The number of methoxy groups -OCH3 is 1. The molecule has 3 heteroatoms. The lowest BCUT2D eigenvalue weighted by atomic mass is 10.1. The first kappa shape index (κ1) is 10.6. The van der Waals surface area contributed by atoms with Gasteiger partial charge in [-0.3, -0.25) is 4.90 Å². The molecule has 1 aromatic carbocycles. The molecule has 0 amide bonds. The fraction of sp³-hybridized carbons (Fsp3) is 0.364. The lowest BCUT2D eigenvalue weighted by Gasteiger charge is -2.17. The molecule has 0 aliphatic carbocycles. The predicted molar refractivity (Wildman–Crippen MR) is 55.0 cm³/mol. The van der Waals surface area contributed by atoms with E-state index in [4.69, 9.17) is 10.00 Å². The Hall–Kier alpha value is -1.53. The number of rotatable bonds is 3. The van der Waals surface area contributed by atoms with Crippen LogP contribution in [0.3, 0.4) is 0 Å². The molecule has 1 aromatic rings. The van der Waals surface area contributed by atoms with Crippen LogP contribution in [0.1, 0.15) is 11.6 Å². The van der Waals surface area contributed by atoms with Gasteiger partial charge in [0.05, 0.1) is 13.2 Å². The van der Waals surface area contributed by atoms with Crippen molar-refractivity contribution in [3.05, 3.63) is 29.8 Å². The monoisotopic (exact) mass is 190 g/mol. The minimum atomic E-state index is -0.218. The van der Waals surface area contributed by atoms with Gasteiger partial charge in [-0.25, -0.2) is 0 Å². The summed E-state index contributed by atoms with van der Waals surface area (Å²) < 4.78 is 5.10. The molecule has 0 aromatic heterocycles. The van der Waals surface area contributed by atoms with E-state index in [0.29, 0.717) is 0 Å². The third kappa shape index (κ3) is 2.24. The van der Waals surface area contributed by atoms with Crippen molar-refractivity contribution < 1.29 is 4.74 Å². The summed E-state index contributed by atoms with van der Waals surface area (Å²) >= 11 is 0. The van der Waals surface area contributed by atoms with Crippen LogP contribution in [0.5, 0.6) is 5.75 Å². The largest absolute Gasteiger partial charge is 0.497 e. The fourth-order valence-electron chi connectivity index (χ4n) is 1.30. The van der Waals surface area contributed by atoms with Crippen molar-refractivity contribution >= 4 is 0 Å². The van der Waals surface area contributed by atoms with Crippen LogP contribution in [0, 0.1) is 11.3 Å². The Morgan fingerprint density at radius 1 is 1.43 bits per heavy atom. The molecule has 0 spiro atoms. The summed E-state index contributed by atoms with van der Waals surface area (Å²) in [5, 5.41) is 8.98. The van der Waals surface area contributed by atoms with Crippen molar-refractivity contribution in [1.29, 1.82) is 5.26 Å². The molecule has 1 rings (SSSR count). The van der Waals surface area contributed by atoms with E-state index in [1.165, 1.54) is 0 Å². The van der Waals surface area contributed by atoms with Gasteiger partial charge >= 0.3 is 0 Å². The maximum Gasteiger partial charge on any atom is 0.123 e. The van der Waals surface area contributed by atoms with Crippen LogP contribution >= 0.6 is 0 Å².